The van der Waals surface area contributed by atoms with E-state index in [4.69, 9.17) is 5.26 Å². The van der Waals surface area contributed by atoms with Crippen molar-refractivity contribution in [3.05, 3.63) is 23.7 Å². The Kier molecular flexibility index (Phi) is 6.19. The van der Waals surface area contributed by atoms with Crippen LogP contribution in [0.1, 0.15) is 48.9 Å². The summed E-state index contributed by atoms with van der Waals surface area (Å²) < 4.78 is 2.79. The first-order valence-corrected chi connectivity index (χ1v) is 9.22. The van der Waals surface area contributed by atoms with Gasteiger partial charge in [-0.2, -0.15) is 10.4 Å². The van der Waals surface area contributed by atoms with E-state index in [0.717, 1.165) is 22.7 Å². The number of hydrogen-bond donors (Lipinski definition) is 1. The largest absolute Gasteiger partial charge is 0.296 e. The van der Waals surface area contributed by atoms with E-state index in [9.17, 15) is 4.79 Å². The Morgan fingerprint density at radius 3 is 2.91 bits per heavy atom. The molecule has 0 unspecified atom stereocenters. The molecule has 0 radical (unpaired) electrons. The Labute approximate surface area is 143 Å². The van der Waals surface area contributed by atoms with Gasteiger partial charge in [-0.25, -0.2) is 4.98 Å². The summed E-state index contributed by atoms with van der Waals surface area (Å²) in [6.45, 7) is 6.08. The maximum atomic E-state index is 12.3. The van der Waals surface area contributed by atoms with Crippen molar-refractivity contribution >= 4 is 34.1 Å². The fourth-order valence-corrected chi connectivity index (χ4v) is 3.95. The number of hydrogen-bond acceptors (Lipinski definition) is 6. The molecule has 0 fully saturated rings. The van der Waals surface area contributed by atoms with E-state index in [-0.39, 0.29) is 5.91 Å². The highest BCUT2D eigenvalue weighted by atomic mass is 32.2. The minimum atomic E-state index is -0.264. The number of nitrogens with zero attached hydrogens (tertiary/aromatic N) is 4. The molecule has 8 heteroatoms. The van der Waals surface area contributed by atoms with Crippen LogP contribution in [0.4, 0.5) is 5.13 Å². The van der Waals surface area contributed by atoms with Crippen molar-refractivity contribution in [1.82, 2.24) is 14.8 Å². The third-order valence-electron chi connectivity index (χ3n) is 3.40. The molecular weight excluding hydrogens is 330 g/mol. The Morgan fingerprint density at radius 2 is 2.26 bits per heavy atom. The predicted molar refractivity (Wildman–Crippen MR) is 93.0 cm³/mol. The topological polar surface area (TPSA) is 83.6 Å². The molecule has 2 aromatic rings. The molecule has 2 heterocycles. The lowest BCUT2D eigenvalue weighted by Crippen LogP contribution is -2.14. The summed E-state index contributed by atoms with van der Waals surface area (Å²) in [5.74, 6) is 0.108. The summed E-state index contributed by atoms with van der Waals surface area (Å²) in [6.07, 6.45) is 3.79. The van der Waals surface area contributed by atoms with Crippen molar-refractivity contribution in [2.75, 3.05) is 11.1 Å². The quantitative estimate of drug-likeness (QED) is 0.767. The molecule has 0 aliphatic carbocycles. The van der Waals surface area contributed by atoms with Gasteiger partial charge in [0.2, 0.25) is 0 Å². The van der Waals surface area contributed by atoms with E-state index in [1.54, 1.807) is 6.07 Å². The highest BCUT2D eigenvalue weighted by molar-refractivity contribution is 8.01. The Hall–Kier alpha value is -1.85. The van der Waals surface area contributed by atoms with Gasteiger partial charge in [-0.3, -0.25) is 14.8 Å². The summed E-state index contributed by atoms with van der Waals surface area (Å²) in [5.41, 5.74) is 1.21. The molecule has 1 N–H and O–H groups in total. The molecule has 0 saturated heterocycles. The lowest BCUT2D eigenvalue weighted by atomic mass is 10.2. The summed E-state index contributed by atoms with van der Waals surface area (Å²) in [5, 5.41) is 16.3. The molecule has 6 nitrogen and oxygen atoms in total. The van der Waals surface area contributed by atoms with E-state index in [2.05, 4.69) is 35.3 Å². The van der Waals surface area contributed by atoms with Gasteiger partial charge in [0.25, 0.3) is 5.91 Å². The maximum Gasteiger partial charge on any atom is 0.277 e. The third kappa shape index (κ3) is 4.33. The van der Waals surface area contributed by atoms with Crippen molar-refractivity contribution < 1.29 is 4.79 Å². The number of carbonyl (C=O) groups is 1. The van der Waals surface area contributed by atoms with Crippen LogP contribution in [-0.4, -0.2) is 26.4 Å². The molecule has 0 aromatic carbocycles. The number of aryl methyl sites for hydroxylation is 1. The fraction of sp³-hybridized carbons (Fsp3) is 0.467. The average Bonchev–Trinajstić information content (AvgIpc) is 3.14. The van der Waals surface area contributed by atoms with Gasteiger partial charge in [0.05, 0.1) is 27.8 Å². The van der Waals surface area contributed by atoms with Crippen molar-refractivity contribution in [2.45, 2.75) is 43.9 Å². The van der Waals surface area contributed by atoms with Gasteiger partial charge in [-0.15, -0.1) is 0 Å². The number of nitriles is 1. The number of aromatic nitrogens is 3. The lowest BCUT2D eigenvalue weighted by molar-refractivity contribution is 0.102. The van der Waals surface area contributed by atoms with Crippen molar-refractivity contribution in [3.8, 4) is 6.07 Å². The van der Waals surface area contributed by atoms with E-state index in [1.165, 1.54) is 23.1 Å². The van der Waals surface area contributed by atoms with Crippen LogP contribution in [0.15, 0.2) is 16.5 Å². The van der Waals surface area contributed by atoms with Crippen LogP contribution in [0.5, 0.6) is 0 Å². The first kappa shape index (κ1) is 17.5. The molecule has 0 bridgehead atoms. The Bertz CT molecular complexity index is 712. The monoisotopic (exact) mass is 349 g/mol. The van der Waals surface area contributed by atoms with E-state index in [1.807, 2.05) is 17.8 Å². The number of rotatable bonds is 7. The average molecular weight is 349 g/mol. The normalized spacial score (nSPS) is 10.7. The fourth-order valence-electron chi connectivity index (χ4n) is 2.15. The van der Waals surface area contributed by atoms with Crippen LogP contribution in [0.2, 0.25) is 0 Å². The third-order valence-corrected chi connectivity index (χ3v) is 5.70. The lowest BCUT2D eigenvalue weighted by Gasteiger charge is -2.12. The SMILES string of the molecule is CCC(CC)n1ccc(C(=O)Nc2nc(C)c(SCC#N)s2)n1. The molecule has 0 spiro atoms. The van der Waals surface area contributed by atoms with Crippen LogP contribution < -0.4 is 5.32 Å². The van der Waals surface area contributed by atoms with Gasteiger partial charge in [0.1, 0.15) is 0 Å². The highest BCUT2D eigenvalue weighted by Gasteiger charge is 2.16. The molecule has 0 saturated carbocycles. The predicted octanol–water partition coefficient (Wildman–Crippen LogP) is 3.88. The smallest absolute Gasteiger partial charge is 0.277 e. The summed E-state index contributed by atoms with van der Waals surface area (Å²) in [7, 11) is 0. The van der Waals surface area contributed by atoms with Crippen LogP contribution in [0.3, 0.4) is 0 Å². The zero-order valence-corrected chi connectivity index (χ0v) is 15.0. The summed E-state index contributed by atoms with van der Waals surface area (Å²) >= 11 is 2.81. The van der Waals surface area contributed by atoms with Crippen molar-refractivity contribution in [2.24, 2.45) is 0 Å². The molecule has 2 aromatic heterocycles. The number of carbonyl (C=O) groups excluding carboxylic acids is 1. The number of thioether (sulfide) groups is 1. The minimum Gasteiger partial charge on any atom is -0.296 e. The van der Waals surface area contributed by atoms with Gasteiger partial charge in [0.15, 0.2) is 10.8 Å². The van der Waals surface area contributed by atoms with E-state index in [0.29, 0.717) is 22.6 Å². The van der Waals surface area contributed by atoms with Crippen molar-refractivity contribution in [3.63, 3.8) is 0 Å². The number of nitrogens with one attached hydrogen (secondary N) is 1. The second-order valence-electron chi connectivity index (χ2n) is 4.94. The maximum absolute atomic E-state index is 12.3. The molecule has 23 heavy (non-hydrogen) atoms. The van der Waals surface area contributed by atoms with Gasteiger partial charge >= 0.3 is 0 Å². The Balaban J connectivity index is 2.06. The van der Waals surface area contributed by atoms with Gasteiger partial charge in [0, 0.05) is 6.20 Å². The van der Waals surface area contributed by atoms with E-state index >= 15 is 0 Å². The zero-order valence-electron chi connectivity index (χ0n) is 13.4. The van der Waals surface area contributed by atoms with Crippen LogP contribution in [0, 0.1) is 18.3 Å². The van der Waals surface area contributed by atoms with Crippen LogP contribution in [0.25, 0.3) is 0 Å². The van der Waals surface area contributed by atoms with Crippen molar-refractivity contribution in [1.29, 1.82) is 5.26 Å². The van der Waals surface area contributed by atoms with Crippen LogP contribution >= 0.6 is 23.1 Å². The molecule has 122 valence electrons. The molecule has 0 aliphatic heterocycles. The highest BCUT2D eigenvalue weighted by Crippen LogP contribution is 2.31. The first-order chi connectivity index (χ1) is 11.1. The Morgan fingerprint density at radius 1 is 1.52 bits per heavy atom. The second kappa shape index (κ2) is 8.13. The van der Waals surface area contributed by atoms with Gasteiger partial charge in [-0.1, -0.05) is 36.9 Å². The molecule has 1 amide bonds. The molecule has 0 aliphatic rings. The molecule has 0 atom stereocenters. The zero-order chi connectivity index (χ0) is 16.8. The minimum absolute atomic E-state index is 0.264. The number of anilines is 1. The summed E-state index contributed by atoms with van der Waals surface area (Å²) in [4.78, 5) is 16.6. The standard InChI is InChI=1S/C15H19N5OS2/c1-4-11(5-2)20-8-6-12(19-20)13(21)18-15-17-10(3)14(23-15)22-9-7-16/h6,8,11H,4-5,9H2,1-3H3,(H,17,18,21). The van der Waals surface area contributed by atoms with Gasteiger partial charge < -0.3 is 0 Å². The van der Waals surface area contributed by atoms with E-state index < -0.39 is 0 Å². The van der Waals surface area contributed by atoms with Crippen LogP contribution in [-0.2, 0) is 0 Å². The number of thiazole rings is 1. The van der Waals surface area contributed by atoms with Gasteiger partial charge in [-0.05, 0) is 25.8 Å². The molecular formula is C15H19N5OS2. The second-order valence-corrected chi connectivity index (χ2v) is 7.19. The summed E-state index contributed by atoms with van der Waals surface area (Å²) in [6, 6.07) is 4.12. The first-order valence-electron chi connectivity index (χ1n) is 7.42. The molecule has 2 rings (SSSR count). The number of amides is 1.